The summed E-state index contributed by atoms with van der Waals surface area (Å²) in [6.07, 6.45) is 0. The van der Waals surface area contributed by atoms with Crippen molar-refractivity contribution in [2.45, 2.75) is 38.6 Å². The van der Waals surface area contributed by atoms with Crippen LogP contribution in [0, 0.1) is 20.8 Å². The van der Waals surface area contributed by atoms with Gasteiger partial charge in [0.2, 0.25) is 0 Å². The van der Waals surface area contributed by atoms with E-state index in [-0.39, 0.29) is 22.4 Å². The number of ether oxygens (including phenoxy) is 2. The number of hydrogen-bond donors (Lipinski definition) is 2. The van der Waals surface area contributed by atoms with Gasteiger partial charge in [-0.25, -0.2) is 8.42 Å². The van der Waals surface area contributed by atoms with Crippen LogP contribution in [0.2, 0.25) is 0 Å². The van der Waals surface area contributed by atoms with E-state index in [4.69, 9.17) is 9.47 Å². The Labute approximate surface area is 201 Å². The molecule has 3 rings (SSSR count). The van der Waals surface area contributed by atoms with Crippen LogP contribution in [-0.2, 0) is 10.0 Å². The molecule has 3 aromatic rings. The van der Waals surface area contributed by atoms with Gasteiger partial charge in [-0.2, -0.15) is 0 Å². The van der Waals surface area contributed by atoms with E-state index in [1.54, 1.807) is 57.5 Å². The number of methoxy groups -OCH3 is 2. The fourth-order valence-corrected chi connectivity index (χ4v) is 4.97. The summed E-state index contributed by atoms with van der Waals surface area (Å²) in [6.45, 7) is 7.32. The molecule has 0 radical (unpaired) electrons. The maximum atomic E-state index is 13.2. The van der Waals surface area contributed by atoms with E-state index in [2.05, 4.69) is 10.0 Å². The second-order valence-corrected chi connectivity index (χ2v) is 9.79. The fraction of sp³-hybridized carbons (Fsp3) is 0.269. The molecule has 0 bridgehead atoms. The van der Waals surface area contributed by atoms with Gasteiger partial charge in [0.05, 0.1) is 30.8 Å². The average Bonchev–Trinajstić information content (AvgIpc) is 2.81. The molecule has 34 heavy (non-hydrogen) atoms. The number of sulfonamides is 1. The summed E-state index contributed by atoms with van der Waals surface area (Å²) in [6, 6.07) is 15.1. The molecule has 1 atom stereocenters. The van der Waals surface area contributed by atoms with Gasteiger partial charge in [0.15, 0.2) is 11.5 Å². The molecule has 0 spiro atoms. The lowest BCUT2D eigenvalue weighted by Gasteiger charge is -2.18. The molecule has 0 heterocycles. The summed E-state index contributed by atoms with van der Waals surface area (Å²) >= 11 is 0. The van der Waals surface area contributed by atoms with Gasteiger partial charge in [0.1, 0.15) is 0 Å². The topological polar surface area (TPSA) is 93.7 Å². The largest absolute Gasteiger partial charge is 0.493 e. The predicted octanol–water partition coefficient (Wildman–Crippen LogP) is 4.92. The zero-order chi connectivity index (χ0) is 25.0. The molecule has 0 aliphatic carbocycles. The minimum Gasteiger partial charge on any atom is -0.493 e. The van der Waals surface area contributed by atoms with E-state index in [1.165, 1.54) is 6.07 Å². The van der Waals surface area contributed by atoms with E-state index < -0.39 is 10.0 Å². The molecule has 0 saturated heterocycles. The quantitative estimate of drug-likeness (QED) is 0.475. The van der Waals surface area contributed by atoms with Crippen molar-refractivity contribution < 1.29 is 22.7 Å². The maximum Gasteiger partial charge on any atom is 0.262 e. The summed E-state index contributed by atoms with van der Waals surface area (Å²) in [5.74, 6) is 0.766. The van der Waals surface area contributed by atoms with Crippen LogP contribution in [0.4, 0.5) is 5.69 Å². The molecule has 7 nitrogen and oxygen atoms in total. The van der Waals surface area contributed by atoms with Crippen LogP contribution >= 0.6 is 0 Å². The zero-order valence-corrected chi connectivity index (χ0v) is 21.0. The molecule has 2 N–H and O–H groups in total. The number of hydrogen-bond acceptors (Lipinski definition) is 5. The minimum atomic E-state index is -3.90. The van der Waals surface area contributed by atoms with E-state index in [1.807, 2.05) is 32.9 Å². The highest BCUT2D eigenvalue weighted by atomic mass is 32.2. The van der Waals surface area contributed by atoms with Gasteiger partial charge in [-0.05, 0) is 80.3 Å². The van der Waals surface area contributed by atoms with E-state index in [0.29, 0.717) is 22.7 Å². The number of rotatable bonds is 8. The van der Waals surface area contributed by atoms with Crippen molar-refractivity contribution in [1.29, 1.82) is 0 Å². The molecule has 0 unspecified atom stereocenters. The van der Waals surface area contributed by atoms with Crippen LogP contribution in [0.25, 0.3) is 0 Å². The highest BCUT2D eigenvalue weighted by Gasteiger charge is 2.21. The molecule has 180 valence electrons. The first-order valence-electron chi connectivity index (χ1n) is 10.8. The van der Waals surface area contributed by atoms with E-state index in [0.717, 1.165) is 16.7 Å². The first kappa shape index (κ1) is 25.1. The Hall–Kier alpha value is -3.52. The molecule has 8 heteroatoms. The van der Waals surface area contributed by atoms with Gasteiger partial charge < -0.3 is 14.8 Å². The smallest absolute Gasteiger partial charge is 0.262 e. The summed E-state index contributed by atoms with van der Waals surface area (Å²) in [5, 5.41) is 2.92. The number of amides is 1. The van der Waals surface area contributed by atoms with E-state index >= 15 is 0 Å². The van der Waals surface area contributed by atoms with Crippen molar-refractivity contribution in [3.63, 3.8) is 0 Å². The number of nitrogens with one attached hydrogen (secondary N) is 2. The normalized spacial score (nSPS) is 12.1. The standard InChI is InChI=1S/C26H30N2O5S/c1-16-8-7-9-22(18(16)3)28-34(30,31)25-15-21(11-10-17(25)2)26(29)27-19(4)20-12-13-23(32-5)24(14-20)33-6/h7-15,19,28H,1-6H3,(H,27,29)/t19-/m1/s1. The van der Waals surface area contributed by atoms with Crippen molar-refractivity contribution in [3.8, 4) is 11.5 Å². The fourth-order valence-electron chi connectivity index (χ4n) is 3.58. The van der Waals surface area contributed by atoms with Crippen LogP contribution in [0.15, 0.2) is 59.5 Å². The zero-order valence-electron chi connectivity index (χ0n) is 20.2. The van der Waals surface area contributed by atoms with Crippen LogP contribution in [-0.4, -0.2) is 28.5 Å². The third-order valence-electron chi connectivity index (χ3n) is 5.84. The van der Waals surface area contributed by atoms with Gasteiger partial charge in [-0.3, -0.25) is 9.52 Å². The Morgan fingerprint density at radius 3 is 2.26 bits per heavy atom. The lowest BCUT2D eigenvalue weighted by molar-refractivity contribution is 0.0939. The summed E-state index contributed by atoms with van der Waals surface area (Å²) < 4.78 is 39.6. The maximum absolute atomic E-state index is 13.2. The summed E-state index contributed by atoms with van der Waals surface area (Å²) in [5.41, 5.74) is 3.95. The first-order chi connectivity index (χ1) is 16.1. The van der Waals surface area contributed by atoms with Crippen LogP contribution < -0.4 is 19.5 Å². The molecule has 1 amide bonds. The molecule has 0 aliphatic rings. The van der Waals surface area contributed by atoms with Crippen molar-refractivity contribution in [2.75, 3.05) is 18.9 Å². The SMILES string of the molecule is COc1ccc([C@@H](C)NC(=O)c2ccc(C)c(S(=O)(=O)Nc3cccc(C)c3C)c2)cc1OC. The lowest BCUT2D eigenvalue weighted by Crippen LogP contribution is -2.27. The molecular formula is C26H30N2O5S. The third-order valence-corrected chi connectivity index (χ3v) is 7.35. The first-order valence-corrected chi connectivity index (χ1v) is 12.3. The Morgan fingerprint density at radius 1 is 0.882 bits per heavy atom. The summed E-state index contributed by atoms with van der Waals surface area (Å²) in [4.78, 5) is 13.0. The second-order valence-electron chi connectivity index (χ2n) is 8.14. The van der Waals surface area contributed by atoms with Crippen molar-refractivity contribution in [2.24, 2.45) is 0 Å². The van der Waals surface area contributed by atoms with Gasteiger partial charge in [0.25, 0.3) is 15.9 Å². The number of anilines is 1. The van der Waals surface area contributed by atoms with Crippen molar-refractivity contribution >= 4 is 21.6 Å². The number of benzene rings is 3. The molecule has 0 fully saturated rings. The molecule has 3 aromatic carbocycles. The minimum absolute atomic E-state index is 0.0554. The Kier molecular flexibility index (Phi) is 7.51. The second kappa shape index (κ2) is 10.2. The van der Waals surface area contributed by atoms with Crippen molar-refractivity contribution in [1.82, 2.24) is 5.32 Å². The van der Waals surface area contributed by atoms with Crippen LogP contribution in [0.3, 0.4) is 0 Å². The highest BCUT2D eigenvalue weighted by Crippen LogP contribution is 2.30. The van der Waals surface area contributed by atoms with Crippen molar-refractivity contribution in [3.05, 3.63) is 82.4 Å². The third kappa shape index (κ3) is 5.34. The van der Waals surface area contributed by atoms with Gasteiger partial charge >= 0.3 is 0 Å². The van der Waals surface area contributed by atoms with Gasteiger partial charge in [0, 0.05) is 5.56 Å². The summed E-state index contributed by atoms with van der Waals surface area (Å²) in [7, 11) is -0.794. The number of aryl methyl sites for hydroxylation is 2. The van der Waals surface area contributed by atoms with Crippen LogP contribution in [0.5, 0.6) is 11.5 Å². The highest BCUT2D eigenvalue weighted by molar-refractivity contribution is 7.92. The molecule has 0 aromatic heterocycles. The monoisotopic (exact) mass is 482 g/mol. The lowest BCUT2D eigenvalue weighted by atomic mass is 10.1. The Morgan fingerprint density at radius 2 is 1.59 bits per heavy atom. The Bertz CT molecular complexity index is 1320. The van der Waals surface area contributed by atoms with Gasteiger partial charge in [-0.1, -0.05) is 24.3 Å². The number of carbonyl (C=O) groups is 1. The molecule has 0 aliphatic heterocycles. The Balaban J connectivity index is 1.85. The predicted molar refractivity (Wildman–Crippen MR) is 133 cm³/mol. The number of carbonyl (C=O) groups excluding carboxylic acids is 1. The average molecular weight is 483 g/mol. The molecular weight excluding hydrogens is 452 g/mol. The molecule has 0 saturated carbocycles. The van der Waals surface area contributed by atoms with E-state index in [9.17, 15) is 13.2 Å². The van der Waals surface area contributed by atoms with Crippen LogP contribution in [0.1, 0.15) is 45.6 Å². The van der Waals surface area contributed by atoms with Gasteiger partial charge in [-0.15, -0.1) is 0 Å².